The first-order valence-electron chi connectivity index (χ1n) is 17.9. The van der Waals surface area contributed by atoms with E-state index in [1.54, 1.807) is 0 Å². The topological polar surface area (TPSA) is 35.6 Å². The number of rotatable bonds is 3. The summed E-state index contributed by atoms with van der Waals surface area (Å²) in [6.45, 7) is 0. The van der Waals surface area contributed by atoms with Gasteiger partial charge in [0.25, 0.3) is 0 Å². The minimum atomic E-state index is 0.666. The summed E-state index contributed by atoms with van der Waals surface area (Å²) in [7, 11) is 0. The predicted molar refractivity (Wildman–Crippen MR) is 224 cm³/mol. The Kier molecular flexibility index (Phi) is 5.90. The molecule has 0 saturated heterocycles. The number of hydrogen-bond acceptors (Lipinski definition) is 3. The van der Waals surface area contributed by atoms with Crippen LogP contribution in [0.25, 0.3) is 108 Å². The molecule has 0 aliphatic rings. The SMILES string of the molecule is c1cc(-n2c3ccccc3c3ccccc32)c2cc3c4ccccc4n(-c4nc(-c5cccc6sc7ccccc7c56)c5ccccc5n4)c3cc2c1. The van der Waals surface area contributed by atoms with Crippen molar-refractivity contribution in [2.24, 2.45) is 0 Å². The van der Waals surface area contributed by atoms with Gasteiger partial charge in [-0.05, 0) is 60.0 Å². The summed E-state index contributed by atoms with van der Waals surface area (Å²) in [5.74, 6) is 0.666. The summed E-state index contributed by atoms with van der Waals surface area (Å²) in [6, 6.07) is 61.1. The monoisotopic (exact) mass is 692 g/mol. The molecule has 0 aliphatic carbocycles. The highest BCUT2D eigenvalue weighted by Gasteiger charge is 2.21. The molecule has 0 amide bonds. The number of hydrogen-bond donors (Lipinski definition) is 0. The van der Waals surface area contributed by atoms with Crippen LogP contribution in [0.3, 0.4) is 0 Å². The van der Waals surface area contributed by atoms with Gasteiger partial charge in [-0.3, -0.25) is 4.57 Å². The fourth-order valence-electron chi connectivity index (χ4n) is 8.66. The van der Waals surface area contributed by atoms with Crippen molar-refractivity contribution in [3.8, 4) is 22.9 Å². The van der Waals surface area contributed by atoms with Gasteiger partial charge < -0.3 is 4.57 Å². The van der Waals surface area contributed by atoms with Crippen LogP contribution in [0.4, 0.5) is 0 Å². The first-order chi connectivity index (χ1) is 26.3. The predicted octanol–water partition coefficient (Wildman–Crippen LogP) is 13.0. The molecule has 53 heavy (non-hydrogen) atoms. The molecule has 0 saturated carbocycles. The number of benzene rings is 8. The van der Waals surface area contributed by atoms with Crippen molar-refractivity contribution < 1.29 is 0 Å². The van der Waals surface area contributed by atoms with E-state index in [4.69, 9.17) is 9.97 Å². The Morgan fingerprint density at radius 3 is 1.77 bits per heavy atom. The van der Waals surface area contributed by atoms with E-state index in [0.29, 0.717) is 5.95 Å². The quantitative estimate of drug-likeness (QED) is 0.185. The Labute approximate surface area is 307 Å². The molecule has 0 N–H and O–H groups in total. The average molecular weight is 693 g/mol. The van der Waals surface area contributed by atoms with Gasteiger partial charge >= 0.3 is 0 Å². The number of thiophene rings is 1. The van der Waals surface area contributed by atoms with E-state index in [-0.39, 0.29) is 0 Å². The van der Waals surface area contributed by atoms with E-state index in [9.17, 15) is 0 Å². The standard InChI is InChI=1S/C48H28N4S/c1-6-20-38-33(17-1)47(35-19-12-26-45-46(35)34-18-5-10-25-44(34)53-45)50-48(49-38)52-41-23-9-4-16-32(41)37-28-36-29(27-43(37)52)13-11-24-42(36)51-39-21-7-2-14-30(39)31-15-3-8-22-40(31)51/h1-28H. The van der Waals surface area contributed by atoms with Crippen LogP contribution in [0.15, 0.2) is 170 Å². The highest BCUT2D eigenvalue weighted by molar-refractivity contribution is 7.25. The van der Waals surface area contributed by atoms with Gasteiger partial charge in [0.2, 0.25) is 5.95 Å². The van der Waals surface area contributed by atoms with Crippen molar-refractivity contribution in [2.45, 2.75) is 0 Å². The lowest BCUT2D eigenvalue weighted by molar-refractivity contribution is 1.01. The van der Waals surface area contributed by atoms with Gasteiger partial charge in [0.15, 0.2) is 0 Å². The Hall–Kier alpha value is -6.82. The van der Waals surface area contributed by atoms with Crippen LogP contribution in [0, 0.1) is 0 Å². The first-order valence-corrected chi connectivity index (χ1v) is 18.7. The summed E-state index contributed by atoms with van der Waals surface area (Å²) < 4.78 is 7.23. The minimum Gasteiger partial charge on any atom is -0.309 e. The second kappa shape index (κ2) is 10.8. The maximum absolute atomic E-state index is 5.51. The zero-order chi connectivity index (χ0) is 34.6. The second-order valence-corrected chi connectivity index (χ2v) is 14.8. The number of nitrogens with zero attached hydrogens (tertiary/aromatic N) is 4. The van der Waals surface area contributed by atoms with Crippen LogP contribution in [-0.2, 0) is 0 Å². The van der Waals surface area contributed by atoms with Crippen molar-refractivity contribution in [3.05, 3.63) is 170 Å². The summed E-state index contributed by atoms with van der Waals surface area (Å²) in [5, 5.41) is 10.8. The molecule has 0 radical (unpaired) electrons. The van der Waals surface area contributed by atoms with Crippen LogP contribution in [-0.4, -0.2) is 19.1 Å². The average Bonchev–Trinajstić information content (AvgIpc) is 3.87. The van der Waals surface area contributed by atoms with E-state index in [1.165, 1.54) is 63.8 Å². The van der Waals surface area contributed by atoms with Gasteiger partial charge in [-0.25, -0.2) is 9.97 Å². The number of fused-ring (bicyclic) bond motifs is 11. The van der Waals surface area contributed by atoms with Gasteiger partial charge in [0.05, 0.1) is 39.0 Å². The molecule has 4 aromatic heterocycles. The third-order valence-electron chi connectivity index (χ3n) is 10.9. The largest absolute Gasteiger partial charge is 0.309 e. The van der Waals surface area contributed by atoms with Gasteiger partial charge in [0, 0.05) is 58.1 Å². The molecule has 12 rings (SSSR count). The molecule has 0 bridgehead atoms. The molecule has 5 heteroatoms. The highest BCUT2D eigenvalue weighted by atomic mass is 32.1. The number of aromatic nitrogens is 4. The fourth-order valence-corrected chi connectivity index (χ4v) is 9.79. The molecule has 12 aromatic rings. The third kappa shape index (κ3) is 4.05. The van der Waals surface area contributed by atoms with Gasteiger partial charge in [-0.15, -0.1) is 11.3 Å². The summed E-state index contributed by atoms with van der Waals surface area (Å²) in [6.07, 6.45) is 0. The molecule has 8 aromatic carbocycles. The maximum atomic E-state index is 5.51. The smallest absolute Gasteiger partial charge is 0.235 e. The van der Waals surface area contributed by atoms with E-state index >= 15 is 0 Å². The van der Waals surface area contributed by atoms with Gasteiger partial charge in [-0.1, -0.05) is 115 Å². The Morgan fingerprint density at radius 2 is 1.00 bits per heavy atom. The van der Waals surface area contributed by atoms with E-state index < -0.39 is 0 Å². The zero-order valence-corrected chi connectivity index (χ0v) is 29.2. The zero-order valence-electron chi connectivity index (χ0n) is 28.4. The lowest BCUT2D eigenvalue weighted by Crippen LogP contribution is -2.03. The number of para-hydroxylation sites is 4. The normalized spacial score (nSPS) is 12.2. The molecule has 246 valence electrons. The first kappa shape index (κ1) is 28.8. The van der Waals surface area contributed by atoms with E-state index in [0.717, 1.165) is 38.6 Å². The molecule has 0 aliphatic heterocycles. The molecule has 0 fully saturated rings. The minimum absolute atomic E-state index is 0.666. The van der Waals surface area contributed by atoms with Crippen molar-refractivity contribution in [2.75, 3.05) is 0 Å². The maximum Gasteiger partial charge on any atom is 0.235 e. The fraction of sp³-hybridized carbons (Fsp3) is 0. The third-order valence-corrected chi connectivity index (χ3v) is 12.1. The second-order valence-electron chi connectivity index (χ2n) is 13.8. The lowest BCUT2D eigenvalue weighted by atomic mass is 10.0. The molecule has 4 heterocycles. The van der Waals surface area contributed by atoms with Crippen molar-refractivity contribution >= 4 is 96.8 Å². The molecule has 0 atom stereocenters. The van der Waals surface area contributed by atoms with Crippen LogP contribution in [0.2, 0.25) is 0 Å². The van der Waals surface area contributed by atoms with E-state index in [1.807, 2.05) is 11.3 Å². The van der Waals surface area contributed by atoms with Crippen LogP contribution in [0.5, 0.6) is 0 Å². The van der Waals surface area contributed by atoms with E-state index in [2.05, 4.69) is 179 Å². The highest BCUT2D eigenvalue weighted by Crippen LogP contribution is 2.43. The van der Waals surface area contributed by atoms with Crippen LogP contribution >= 0.6 is 11.3 Å². The molecule has 0 unspecified atom stereocenters. The van der Waals surface area contributed by atoms with Crippen molar-refractivity contribution in [1.82, 2.24) is 19.1 Å². The van der Waals surface area contributed by atoms with Crippen LogP contribution in [0.1, 0.15) is 0 Å². The van der Waals surface area contributed by atoms with Crippen molar-refractivity contribution in [3.63, 3.8) is 0 Å². The van der Waals surface area contributed by atoms with Gasteiger partial charge in [-0.2, -0.15) is 0 Å². The molecular formula is C48H28N4S. The molecule has 0 spiro atoms. The van der Waals surface area contributed by atoms with Crippen molar-refractivity contribution in [1.29, 1.82) is 0 Å². The summed E-state index contributed by atoms with van der Waals surface area (Å²) in [5.41, 5.74) is 8.73. The van der Waals surface area contributed by atoms with Crippen LogP contribution < -0.4 is 0 Å². The Bertz CT molecular complexity index is 3420. The molecule has 4 nitrogen and oxygen atoms in total. The lowest BCUT2D eigenvalue weighted by Gasteiger charge is -2.14. The Morgan fingerprint density at radius 1 is 0.396 bits per heavy atom. The Balaban J connectivity index is 1.16. The summed E-state index contributed by atoms with van der Waals surface area (Å²) >= 11 is 1.83. The van der Waals surface area contributed by atoms with Gasteiger partial charge in [0.1, 0.15) is 0 Å². The molecular weight excluding hydrogens is 665 g/mol. The summed E-state index contributed by atoms with van der Waals surface area (Å²) in [4.78, 5) is 10.8.